The van der Waals surface area contributed by atoms with Gasteiger partial charge in [-0.05, 0) is 18.1 Å². The lowest BCUT2D eigenvalue weighted by molar-refractivity contribution is 0.590. The summed E-state index contributed by atoms with van der Waals surface area (Å²) in [4.78, 5) is 16.9. The van der Waals surface area contributed by atoms with Crippen molar-refractivity contribution in [2.75, 3.05) is 36.2 Å². The zero-order valence-electron chi connectivity index (χ0n) is 12.9. The van der Waals surface area contributed by atoms with Crippen molar-refractivity contribution in [3.8, 4) is 0 Å². The molecule has 0 saturated heterocycles. The van der Waals surface area contributed by atoms with Crippen LogP contribution in [0.25, 0.3) is 0 Å². The summed E-state index contributed by atoms with van der Waals surface area (Å²) in [5.74, 6) is 1.46. The first kappa shape index (κ1) is 14.5. The lowest BCUT2D eigenvalue weighted by Crippen LogP contribution is -2.43. The Balaban J connectivity index is 1.90. The van der Waals surface area contributed by atoms with Gasteiger partial charge in [-0.2, -0.15) is 15.0 Å². The Hall–Kier alpha value is -2.41. The van der Waals surface area contributed by atoms with Crippen LogP contribution in [0.4, 0.5) is 17.6 Å². The van der Waals surface area contributed by atoms with E-state index in [2.05, 4.69) is 32.0 Å². The van der Waals surface area contributed by atoms with Crippen molar-refractivity contribution in [1.82, 2.24) is 15.0 Å². The third-order valence-electron chi connectivity index (χ3n) is 3.69. The van der Waals surface area contributed by atoms with E-state index in [1.54, 1.807) is 0 Å². The van der Waals surface area contributed by atoms with E-state index in [1.807, 2.05) is 31.1 Å². The minimum atomic E-state index is 0.113. The number of hydrogen-bond acceptors (Lipinski definition) is 7. The topological polar surface area (TPSA) is 97.2 Å². The van der Waals surface area contributed by atoms with Crippen LogP contribution in [0, 0.1) is 0 Å². The summed E-state index contributed by atoms with van der Waals surface area (Å²) in [6.45, 7) is 1.35. The average Bonchev–Trinajstić information content (AvgIpc) is 2.46. The summed E-state index contributed by atoms with van der Waals surface area (Å²) in [6, 6.07) is 8.42. The maximum Gasteiger partial charge on any atom is 0.229 e. The Bertz CT molecular complexity index is 671. The number of anilines is 3. The number of nitrogens with zero attached hydrogens (tertiary/aromatic N) is 5. The number of rotatable bonds is 3. The second-order valence-corrected chi connectivity index (χ2v) is 5.78. The van der Waals surface area contributed by atoms with E-state index in [0.29, 0.717) is 18.3 Å². The minimum Gasteiger partial charge on any atom is -0.368 e. The molecule has 116 valence electrons. The van der Waals surface area contributed by atoms with E-state index in [0.717, 1.165) is 13.0 Å². The Morgan fingerprint density at radius 1 is 1.23 bits per heavy atom. The molecule has 0 bridgehead atoms. The largest absolute Gasteiger partial charge is 0.368 e. The Morgan fingerprint density at radius 2 is 2.00 bits per heavy atom. The highest BCUT2D eigenvalue weighted by atomic mass is 15.3. The van der Waals surface area contributed by atoms with Gasteiger partial charge in [-0.15, -0.1) is 0 Å². The van der Waals surface area contributed by atoms with E-state index in [9.17, 15) is 0 Å². The zero-order valence-corrected chi connectivity index (χ0v) is 12.9. The van der Waals surface area contributed by atoms with E-state index in [4.69, 9.17) is 11.5 Å². The number of hydrogen-bond donors (Lipinski definition) is 2. The monoisotopic (exact) mass is 299 g/mol. The summed E-state index contributed by atoms with van der Waals surface area (Å²) < 4.78 is 0. The van der Waals surface area contributed by atoms with Crippen LogP contribution in [0.5, 0.6) is 0 Å². The molecule has 1 atom stereocenters. The maximum atomic E-state index is 6.17. The van der Waals surface area contributed by atoms with Crippen molar-refractivity contribution < 1.29 is 0 Å². The highest BCUT2D eigenvalue weighted by Gasteiger charge is 2.22. The molecule has 0 amide bonds. The average molecular weight is 299 g/mol. The third kappa shape index (κ3) is 2.94. The van der Waals surface area contributed by atoms with Gasteiger partial charge in [-0.1, -0.05) is 18.2 Å². The van der Waals surface area contributed by atoms with Crippen LogP contribution in [-0.4, -0.2) is 41.6 Å². The quantitative estimate of drug-likeness (QED) is 0.847. The Kier molecular flexibility index (Phi) is 3.81. The van der Waals surface area contributed by atoms with Gasteiger partial charge in [-0.3, -0.25) is 0 Å². The van der Waals surface area contributed by atoms with Gasteiger partial charge in [0, 0.05) is 32.4 Å². The van der Waals surface area contributed by atoms with Crippen molar-refractivity contribution >= 4 is 17.6 Å². The van der Waals surface area contributed by atoms with Gasteiger partial charge in [0.05, 0.1) is 6.54 Å². The standard InChI is InChI=1S/C15H21N7/c1-21(2)15-19-13(18-14(17)20-15)9-22-8-11(16)7-10-5-3-4-6-12(10)22/h3-6,11H,7-9,16H2,1-2H3,(H2,17,18,19,20). The van der Waals surface area contributed by atoms with Gasteiger partial charge < -0.3 is 21.3 Å². The van der Waals surface area contributed by atoms with Crippen molar-refractivity contribution in [3.05, 3.63) is 35.7 Å². The van der Waals surface area contributed by atoms with E-state index in [-0.39, 0.29) is 12.0 Å². The van der Waals surface area contributed by atoms with Crippen LogP contribution in [0.15, 0.2) is 24.3 Å². The summed E-state index contributed by atoms with van der Waals surface area (Å²) in [5.41, 5.74) is 14.4. The summed E-state index contributed by atoms with van der Waals surface area (Å²) in [5, 5.41) is 0. The van der Waals surface area contributed by atoms with Crippen molar-refractivity contribution in [2.24, 2.45) is 5.73 Å². The second kappa shape index (κ2) is 5.76. The minimum absolute atomic E-state index is 0.113. The molecule has 1 unspecified atom stereocenters. The molecule has 22 heavy (non-hydrogen) atoms. The molecule has 0 saturated carbocycles. The molecule has 0 aliphatic carbocycles. The van der Waals surface area contributed by atoms with Gasteiger partial charge in [0.2, 0.25) is 11.9 Å². The molecular formula is C15H21N7. The van der Waals surface area contributed by atoms with Crippen LogP contribution in [0.3, 0.4) is 0 Å². The lowest BCUT2D eigenvalue weighted by Gasteiger charge is -2.34. The van der Waals surface area contributed by atoms with Crippen LogP contribution in [0.1, 0.15) is 11.4 Å². The van der Waals surface area contributed by atoms with Crippen LogP contribution < -0.4 is 21.3 Å². The van der Waals surface area contributed by atoms with Crippen molar-refractivity contribution in [3.63, 3.8) is 0 Å². The predicted octanol–water partition coefficient (Wildman–Crippen LogP) is 0.410. The first-order chi connectivity index (χ1) is 10.5. The molecule has 1 aliphatic rings. The van der Waals surface area contributed by atoms with Gasteiger partial charge in [0.25, 0.3) is 0 Å². The molecule has 0 spiro atoms. The van der Waals surface area contributed by atoms with E-state index < -0.39 is 0 Å². The van der Waals surface area contributed by atoms with E-state index in [1.165, 1.54) is 11.3 Å². The third-order valence-corrected chi connectivity index (χ3v) is 3.69. The van der Waals surface area contributed by atoms with Crippen LogP contribution in [-0.2, 0) is 13.0 Å². The van der Waals surface area contributed by atoms with Crippen LogP contribution >= 0.6 is 0 Å². The fourth-order valence-corrected chi connectivity index (χ4v) is 2.74. The zero-order chi connectivity index (χ0) is 15.7. The number of fused-ring (bicyclic) bond motifs is 1. The van der Waals surface area contributed by atoms with E-state index >= 15 is 0 Å². The molecule has 4 N–H and O–H groups in total. The molecule has 0 radical (unpaired) electrons. The molecule has 3 rings (SSSR count). The Morgan fingerprint density at radius 3 is 2.77 bits per heavy atom. The molecule has 2 aromatic rings. The number of nitrogens with two attached hydrogens (primary N) is 2. The predicted molar refractivity (Wildman–Crippen MR) is 87.7 cm³/mol. The SMILES string of the molecule is CN(C)c1nc(N)nc(CN2CC(N)Cc3ccccc32)n1. The number of aromatic nitrogens is 3. The highest BCUT2D eigenvalue weighted by molar-refractivity contribution is 5.56. The normalized spacial score (nSPS) is 17.2. The van der Waals surface area contributed by atoms with Gasteiger partial charge >= 0.3 is 0 Å². The van der Waals surface area contributed by atoms with Crippen molar-refractivity contribution in [2.45, 2.75) is 19.0 Å². The van der Waals surface area contributed by atoms with Gasteiger partial charge in [-0.25, -0.2) is 0 Å². The first-order valence-electron chi connectivity index (χ1n) is 7.29. The van der Waals surface area contributed by atoms with Crippen molar-refractivity contribution in [1.29, 1.82) is 0 Å². The van der Waals surface area contributed by atoms with Crippen LogP contribution in [0.2, 0.25) is 0 Å². The molecule has 7 heteroatoms. The lowest BCUT2D eigenvalue weighted by atomic mass is 9.98. The number of nitrogen functional groups attached to an aromatic ring is 1. The molecule has 7 nitrogen and oxygen atoms in total. The first-order valence-corrected chi connectivity index (χ1v) is 7.29. The number of benzene rings is 1. The summed E-state index contributed by atoms with van der Waals surface area (Å²) in [7, 11) is 3.76. The fourth-order valence-electron chi connectivity index (χ4n) is 2.74. The molecule has 0 fully saturated rings. The fraction of sp³-hybridized carbons (Fsp3) is 0.400. The Labute approximate surface area is 130 Å². The van der Waals surface area contributed by atoms with Gasteiger partial charge in [0.15, 0.2) is 5.82 Å². The number of para-hydroxylation sites is 1. The molecule has 1 aromatic carbocycles. The summed E-state index contributed by atoms with van der Waals surface area (Å²) >= 11 is 0. The molecule has 1 aliphatic heterocycles. The second-order valence-electron chi connectivity index (χ2n) is 5.78. The molecular weight excluding hydrogens is 278 g/mol. The smallest absolute Gasteiger partial charge is 0.229 e. The highest BCUT2D eigenvalue weighted by Crippen LogP contribution is 2.27. The molecule has 1 aromatic heterocycles. The molecule has 2 heterocycles. The van der Waals surface area contributed by atoms with Gasteiger partial charge in [0.1, 0.15) is 0 Å². The summed E-state index contributed by atoms with van der Waals surface area (Å²) in [6.07, 6.45) is 0.898. The maximum absolute atomic E-state index is 6.17.